The number of anilines is 1. The Labute approximate surface area is 176 Å². The van der Waals surface area contributed by atoms with Gasteiger partial charge in [-0.3, -0.25) is 9.78 Å². The molecule has 0 radical (unpaired) electrons. The van der Waals surface area contributed by atoms with Crippen molar-refractivity contribution in [1.82, 2.24) is 4.98 Å². The maximum absolute atomic E-state index is 12.3. The predicted molar refractivity (Wildman–Crippen MR) is 124 cm³/mol. The molecule has 0 bridgehead atoms. The van der Waals surface area contributed by atoms with Crippen LogP contribution >= 0.6 is 0 Å². The topological polar surface area (TPSA) is 42.0 Å². The van der Waals surface area contributed by atoms with Gasteiger partial charge in [-0.15, -0.1) is 0 Å². The summed E-state index contributed by atoms with van der Waals surface area (Å²) in [5.41, 5.74) is 7.17. The van der Waals surface area contributed by atoms with E-state index in [0.717, 1.165) is 33.6 Å². The molecule has 0 spiro atoms. The molecule has 1 aromatic heterocycles. The van der Waals surface area contributed by atoms with Gasteiger partial charge in [-0.05, 0) is 60.0 Å². The van der Waals surface area contributed by atoms with E-state index < -0.39 is 0 Å². The fraction of sp³-hybridized carbons (Fsp3) is 0.0370. The Morgan fingerprint density at radius 3 is 2.30 bits per heavy atom. The number of carbonyl (C=O) groups excluding carboxylic acids is 1. The van der Waals surface area contributed by atoms with E-state index in [-0.39, 0.29) is 5.91 Å². The van der Waals surface area contributed by atoms with Crippen molar-refractivity contribution in [3.05, 3.63) is 114 Å². The summed E-state index contributed by atoms with van der Waals surface area (Å²) >= 11 is 0. The highest BCUT2D eigenvalue weighted by Gasteiger charge is 2.02. The molecule has 0 saturated heterocycles. The van der Waals surface area contributed by atoms with Gasteiger partial charge in [0.1, 0.15) is 0 Å². The third-order valence-electron chi connectivity index (χ3n) is 4.81. The van der Waals surface area contributed by atoms with Crippen LogP contribution in [0.15, 0.2) is 103 Å². The van der Waals surface area contributed by atoms with E-state index in [1.54, 1.807) is 12.3 Å². The largest absolute Gasteiger partial charge is 0.323 e. The van der Waals surface area contributed by atoms with Crippen LogP contribution in [0, 0.1) is 6.92 Å². The van der Waals surface area contributed by atoms with Crippen LogP contribution in [0.25, 0.3) is 28.5 Å². The van der Waals surface area contributed by atoms with Gasteiger partial charge >= 0.3 is 0 Å². The molecule has 146 valence electrons. The van der Waals surface area contributed by atoms with Gasteiger partial charge in [-0.25, -0.2) is 0 Å². The average molecular weight is 390 g/mol. The lowest BCUT2D eigenvalue weighted by Crippen LogP contribution is -2.07. The number of pyridine rings is 1. The minimum absolute atomic E-state index is 0.165. The Hall–Kier alpha value is -3.98. The summed E-state index contributed by atoms with van der Waals surface area (Å²) in [6.07, 6.45) is 5.15. The molecule has 0 fully saturated rings. The maximum Gasteiger partial charge on any atom is 0.248 e. The number of benzene rings is 3. The van der Waals surface area contributed by atoms with Crippen molar-refractivity contribution in [2.24, 2.45) is 0 Å². The molecule has 3 heteroatoms. The molecule has 0 saturated carbocycles. The van der Waals surface area contributed by atoms with Crippen LogP contribution < -0.4 is 5.32 Å². The average Bonchev–Trinajstić information content (AvgIpc) is 2.79. The number of aromatic nitrogens is 1. The van der Waals surface area contributed by atoms with Gasteiger partial charge in [0.15, 0.2) is 0 Å². The Bertz CT molecular complexity index is 1160. The molecule has 0 unspecified atom stereocenters. The fourth-order valence-corrected chi connectivity index (χ4v) is 3.18. The minimum Gasteiger partial charge on any atom is -0.323 e. The standard InChI is InChI=1S/C27H22N2O/c1-20-8-11-22(12-9-20)24-6-4-5-21(19-24)10-17-27(30)29-25-15-13-23(14-16-25)26-7-2-3-18-28-26/h2-19H,1H3,(H,29,30). The highest BCUT2D eigenvalue weighted by Crippen LogP contribution is 2.22. The smallest absolute Gasteiger partial charge is 0.248 e. The minimum atomic E-state index is -0.165. The summed E-state index contributed by atoms with van der Waals surface area (Å²) in [5.74, 6) is -0.165. The van der Waals surface area contributed by atoms with E-state index in [1.165, 1.54) is 5.56 Å². The summed E-state index contributed by atoms with van der Waals surface area (Å²) in [6.45, 7) is 2.08. The van der Waals surface area contributed by atoms with Gasteiger partial charge in [-0.1, -0.05) is 66.2 Å². The van der Waals surface area contributed by atoms with E-state index >= 15 is 0 Å². The summed E-state index contributed by atoms with van der Waals surface area (Å²) in [5, 5.41) is 2.90. The van der Waals surface area contributed by atoms with Crippen LogP contribution in [-0.4, -0.2) is 10.9 Å². The molecule has 0 aliphatic rings. The van der Waals surface area contributed by atoms with Crippen LogP contribution in [-0.2, 0) is 4.79 Å². The van der Waals surface area contributed by atoms with Crippen molar-refractivity contribution < 1.29 is 4.79 Å². The van der Waals surface area contributed by atoms with Gasteiger partial charge in [-0.2, -0.15) is 0 Å². The lowest BCUT2D eigenvalue weighted by molar-refractivity contribution is -0.111. The lowest BCUT2D eigenvalue weighted by atomic mass is 10.0. The van der Waals surface area contributed by atoms with Crippen LogP contribution in [0.4, 0.5) is 5.69 Å². The molecule has 4 rings (SSSR count). The van der Waals surface area contributed by atoms with Crippen LogP contribution in [0.3, 0.4) is 0 Å². The molecule has 1 N–H and O–H groups in total. The van der Waals surface area contributed by atoms with Gasteiger partial charge in [0.2, 0.25) is 5.91 Å². The zero-order valence-electron chi connectivity index (χ0n) is 16.7. The van der Waals surface area contributed by atoms with E-state index in [1.807, 2.05) is 60.7 Å². The second-order valence-electron chi connectivity index (χ2n) is 7.11. The Morgan fingerprint density at radius 1 is 0.800 bits per heavy atom. The van der Waals surface area contributed by atoms with E-state index in [0.29, 0.717) is 0 Å². The van der Waals surface area contributed by atoms with Gasteiger partial charge in [0, 0.05) is 23.5 Å². The molecule has 1 amide bonds. The summed E-state index contributed by atoms with van der Waals surface area (Å²) < 4.78 is 0. The summed E-state index contributed by atoms with van der Waals surface area (Å²) in [6, 6.07) is 30.0. The predicted octanol–water partition coefficient (Wildman–Crippen LogP) is 6.38. The molecule has 4 aromatic rings. The normalized spacial score (nSPS) is 10.8. The van der Waals surface area contributed by atoms with Crippen molar-refractivity contribution in [3.8, 4) is 22.4 Å². The number of amides is 1. The lowest BCUT2D eigenvalue weighted by Gasteiger charge is -2.05. The molecule has 3 aromatic carbocycles. The van der Waals surface area contributed by atoms with Crippen LogP contribution in [0.1, 0.15) is 11.1 Å². The summed E-state index contributed by atoms with van der Waals surface area (Å²) in [7, 11) is 0. The van der Waals surface area contributed by atoms with Crippen LogP contribution in [0.5, 0.6) is 0 Å². The highest BCUT2D eigenvalue weighted by molar-refractivity contribution is 6.02. The number of nitrogens with one attached hydrogen (secondary N) is 1. The molecular formula is C27H22N2O. The Balaban J connectivity index is 1.41. The maximum atomic E-state index is 12.3. The number of hydrogen-bond donors (Lipinski definition) is 1. The molecule has 30 heavy (non-hydrogen) atoms. The second kappa shape index (κ2) is 9.01. The monoisotopic (exact) mass is 390 g/mol. The molecule has 0 atom stereocenters. The number of rotatable bonds is 5. The molecule has 0 aliphatic heterocycles. The van der Waals surface area contributed by atoms with E-state index in [4.69, 9.17) is 0 Å². The first kappa shape index (κ1) is 19.3. The van der Waals surface area contributed by atoms with E-state index in [2.05, 4.69) is 53.6 Å². The molecule has 3 nitrogen and oxygen atoms in total. The zero-order valence-corrected chi connectivity index (χ0v) is 16.7. The number of hydrogen-bond acceptors (Lipinski definition) is 2. The van der Waals surface area contributed by atoms with Gasteiger partial charge < -0.3 is 5.32 Å². The van der Waals surface area contributed by atoms with Crippen molar-refractivity contribution >= 4 is 17.7 Å². The number of aryl methyl sites for hydroxylation is 1. The number of carbonyl (C=O) groups is 1. The Kier molecular flexibility index (Phi) is 5.81. The quantitative estimate of drug-likeness (QED) is 0.402. The van der Waals surface area contributed by atoms with Gasteiger partial charge in [0.25, 0.3) is 0 Å². The fourth-order valence-electron chi connectivity index (χ4n) is 3.18. The SMILES string of the molecule is Cc1ccc(-c2cccc(C=CC(=O)Nc3ccc(-c4ccccn4)cc3)c2)cc1. The third kappa shape index (κ3) is 4.89. The highest BCUT2D eigenvalue weighted by atomic mass is 16.1. The summed E-state index contributed by atoms with van der Waals surface area (Å²) in [4.78, 5) is 16.7. The second-order valence-corrected chi connectivity index (χ2v) is 7.11. The zero-order chi connectivity index (χ0) is 20.8. The molecule has 1 heterocycles. The first-order chi connectivity index (χ1) is 14.7. The van der Waals surface area contributed by atoms with Crippen molar-refractivity contribution in [1.29, 1.82) is 0 Å². The van der Waals surface area contributed by atoms with Crippen molar-refractivity contribution in [2.45, 2.75) is 6.92 Å². The number of nitrogens with zero attached hydrogens (tertiary/aromatic N) is 1. The molecular weight excluding hydrogens is 368 g/mol. The van der Waals surface area contributed by atoms with Crippen molar-refractivity contribution in [2.75, 3.05) is 5.32 Å². The molecule has 0 aliphatic carbocycles. The Morgan fingerprint density at radius 2 is 1.57 bits per heavy atom. The van der Waals surface area contributed by atoms with Gasteiger partial charge in [0.05, 0.1) is 5.69 Å². The van der Waals surface area contributed by atoms with Crippen LogP contribution in [0.2, 0.25) is 0 Å². The van der Waals surface area contributed by atoms with Crippen molar-refractivity contribution in [3.63, 3.8) is 0 Å². The first-order valence-corrected chi connectivity index (χ1v) is 9.85. The van der Waals surface area contributed by atoms with E-state index in [9.17, 15) is 4.79 Å². The first-order valence-electron chi connectivity index (χ1n) is 9.85. The third-order valence-corrected chi connectivity index (χ3v) is 4.81.